The van der Waals surface area contributed by atoms with Gasteiger partial charge in [0, 0.05) is 23.7 Å². The number of rotatable bonds is 9. The summed E-state index contributed by atoms with van der Waals surface area (Å²) >= 11 is 0. The molecular weight excluding hydrogens is 514 g/mol. The van der Waals surface area contributed by atoms with E-state index in [4.69, 9.17) is 5.41 Å². The van der Waals surface area contributed by atoms with Crippen molar-refractivity contribution in [1.82, 2.24) is 15.5 Å². The van der Waals surface area contributed by atoms with Gasteiger partial charge in [-0.2, -0.15) is 5.10 Å². The average molecular weight is 548 g/mol. The second-order valence-corrected chi connectivity index (χ2v) is 11.6. The summed E-state index contributed by atoms with van der Waals surface area (Å²) < 4.78 is 26.1. The van der Waals surface area contributed by atoms with E-state index >= 15 is 0 Å². The van der Waals surface area contributed by atoms with Gasteiger partial charge in [-0.3, -0.25) is 10.2 Å². The number of hydrazone groups is 1. The van der Waals surface area contributed by atoms with E-state index in [0.29, 0.717) is 16.8 Å². The first kappa shape index (κ1) is 29.3. The molecule has 9 nitrogen and oxygen atoms in total. The fourth-order valence-corrected chi connectivity index (χ4v) is 4.44. The second kappa shape index (κ2) is 12.1. The van der Waals surface area contributed by atoms with E-state index in [9.17, 15) is 18.3 Å². The highest BCUT2D eigenvalue weighted by Crippen LogP contribution is 2.25. The molecule has 0 spiro atoms. The van der Waals surface area contributed by atoms with Gasteiger partial charge in [0.1, 0.15) is 11.4 Å². The van der Waals surface area contributed by atoms with Gasteiger partial charge in [0.25, 0.3) is 5.91 Å². The molecule has 0 bridgehead atoms. The molecule has 0 saturated heterocycles. The van der Waals surface area contributed by atoms with Crippen LogP contribution in [0.5, 0.6) is 0 Å². The van der Waals surface area contributed by atoms with Crippen molar-refractivity contribution < 1.29 is 18.3 Å². The first-order chi connectivity index (χ1) is 18.4. The van der Waals surface area contributed by atoms with Gasteiger partial charge in [0.15, 0.2) is 5.76 Å². The molecule has 0 atom stereocenters. The van der Waals surface area contributed by atoms with E-state index in [2.05, 4.69) is 41.3 Å². The molecule has 204 valence electrons. The molecule has 5 N–H and O–H groups in total. The van der Waals surface area contributed by atoms with E-state index in [1.54, 1.807) is 37.4 Å². The molecule has 0 unspecified atom stereocenters. The highest BCUT2D eigenvalue weighted by atomic mass is 32.2. The number of carbonyl (C=O) groups is 1. The number of hydrogen-bond acceptors (Lipinski definition) is 7. The number of hydrogen-bond donors (Lipinski definition) is 5. The zero-order valence-corrected chi connectivity index (χ0v) is 23.3. The molecule has 0 saturated carbocycles. The third-order valence-corrected chi connectivity index (χ3v) is 7.44. The normalized spacial score (nSPS) is 12.9. The van der Waals surface area contributed by atoms with Crippen LogP contribution in [-0.2, 0) is 15.4 Å². The molecule has 0 fully saturated rings. The molecule has 3 rings (SSSR count). The lowest BCUT2D eigenvalue weighted by molar-refractivity contribution is 0.0955. The Morgan fingerprint density at radius 2 is 1.41 bits per heavy atom. The van der Waals surface area contributed by atoms with Gasteiger partial charge < -0.3 is 10.4 Å². The van der Waals surface area contributed by atoms with E-state index in [0.717, 1.165) is 5.56 Å². The maximum atomic E-state index is 12.8. The SMILES string of the molecule is CN/C(=C(/O)C(=N)/C(=N/NC(=O)c1ccc(S(=O)(=O)NC)cc1)c1ccccc1)c1ccc(C(C)(C)C)cc1. The third kappa shape index (κ3) is 6.98. The molecule has 39 heavy (non-hydrogen) atoms. The Balaban J connectivity index is 1.96. The Morgan fingerprint density at radius 3 is 1.92 bits per heavy atom. The molecule has 1 amide bonds. The van der Waals surface area contributed by atoms with Crippen LogP contribution in [0.3, 0.4) is 0 Å². The highest BCUT2D eigenvalue weighted by Gasteiger charge is 2.21. The van der Waals surface area contributed by atoms with Crippen LogP contribution in [0.2, 0.25) is 0 Å². The summed E-state index contributed by atoms with van der Waals surface area (Å²) in [4.78, 5) is 12.8. The number of aliphatic hydroxyl groups excluding tert-OH is 1. The minimum Gasteiger partial charge on any atom is -0.504 e. The molecule has 3 aromatic rings. The minimum absolute atomic E-state index is 0.0157. The highest BCUT2D eigenvalue weighted by molar-refractivity contribution is 7.89. The standard InChI is InChI=1S/C29H33N5O4S/c1-29(2,3)22-15-11-20(12-16-22)26(31-4)27(35)24(30)25(19-9-7-6-8-10-19)33-34-28(36)21-13-17-23(18-14-21)39(37,38)32-5/h6-18,30-32,35H,1-5H3,(H,34,36)/b27-26+,30-24?,33-25+. The van der Waals surface area contributed by atoms with Crippen molar-refractivity contribution in [3.05, 3.63) is 107 Å². The Bertz CT molecular complexity index is 1500. The van der Waals surface area contributed by atoms with Crippen molar-refractivity contribution in [2.24, 2.45) is 5.10 Å². The fourth-order valence-electron chi connectivity index (χ4n) is 3.71. The third-order valence-electron chi connectivity index (χ3n) is 6.01. The lowest BCUT2D eigenvalue weighted by Gasteiger charge is -2.20. The van der Waals surface area contributed by atoms with E-state index in [1.807, 2.05) is 24.3 Å². The molecule has 0 radical (unpaired) electrons. The van der Waals surface area contributed by atoms with Gasteiger partial charge in [-0.25, -0.2) is 18.6 Å². The van der Waals surface area contributed by atoms with E-state index in [-0.39, 0.29) is 33.1 Å². The summed E-state index contributed by atoms with van der Waals surface area (Å²) in [6.45, 7) is 6.33. The number of amides is 1. The number of allylic oxidation sites excluding steroid dienone is 1. The summed E-state index contributed by atoms with van der Waals surface area (Å²) in [5.41, 5.74) is 4.92. The van der Waals surface area contributed by atoms with Crippen LogP contribution in [0.4, 0.5) is 0 Å². The van der Waals surface area contributed by atoms with Gasteiger partial charge in [-0.1, -0.05) is 75.4 Å². The number of nitrogens with zero attached hydrogens (tertiary/aromatic N) is 1. The first-order valence-electron chi connectivity index (χ1n) is 12.2. The predicted molar refractivity (Wildman–Crippen MR) is 155 cm³/mol. The Hall–Kier alpha value is -4.28. The summed E-state index contributed by atoms with van der Waals surface area (Å²) in [7, 11) is -0.694. The quantitative estimate of drug-likeness (QED) is 0.155. The van der Waals surface area contributed by atoms with Crippen LogP contribution in [0.1, 0.15) is 47.8 Å². The number of sulfonamides is 1. The molecule has 0 heterocycles. The van der Waals surface area contributed by atoms with Crippen LogP contribution in [0.25, 0.3) is 5.70 Å². The number of carbonyl (C=O) groups excluding carboxylic acids is 1. The van der Waals surface area contributed by atoms with Crippen LogP contribution in [0.15, 0.2) is 94.6 Å². The van der Waals surface area contributed by atoms with Crippen LogP contribution in [0, 0.1) is 5.41 Å². The van der Waals surface area contributed by atoms with Crippen molar-refractivity contribution in [3.8, 4) is 0 Å². The molecule has 0 aromatic heterocycles. The van der Waals surface area contributed by atoms with E-state index < -0.39 is 15.9 Å². The molecule has 3 aromatic carbocycles. The van der Waals surface area contributed by atoms with Gasteiger partial charge in [-0.15, -0.1) is 0 Å². The second-order valence-electron chi connectivity index (χ2n) is 9.68. The average Bonchev–Trinajstić information content (AvgIpc) is 2.93. The monoisotopic (exact) mass is 547 g/mol. The first-order valence-corrected chi connectivity index (χ1v) is 13.7. The van der Waals surface area contributed by atoms with Crippen LogP contribution >= 0.6 is 0 Å². The van der Waals surface area contributed by atoms with Crippen LogP contribution < -0.4 is 15.5 Å². The number of aliphatic hydroxyl groups is 1. The van der Waals surface area contributed by atoms with Crippen molar-refractivity contribution in [2.45, 2.75) is 31.1 Å². The van der Waals surface area contributed by atoms with E-state index in [1.165, 1.54) is 31.3 Å². The largest absolute Gasteiger partial charge is 0.504 e. The number of nitrogens with one attached hydrogen (secondary N) is 4. The van der Waals surface area contributed by atoms with Gasteiger partial charge in [0.2, 0.25) is 10.0 Å². The topological polar surface area (TPSA) is 144 Å². The Kier molecular flexibility index (Phi) is 9.05. The predicted octanol–water partition coefficient (Wildman–Crippen LogP) is 4.19. The maximum Gasteiger partial charge on any atom is 0.271 e. The molecular formula is C29H33N5O4S. The van der Waals surface area contributed by atoms with Crippen LogP contribution in [-0.4, -0.2) is 45.0 Å². The maximum absolute atomic E-state index is 12.8. The molecule has 0 aliphatic heterocycles. The fraction of sp³-hybridized carbons (Fsp3) is 0.207. The smallest absolute Gasteiger partial charge is 0.271 e. The summed E-state index contributed by atoms with van der Waals surface area (Å²) in [5, 5.41) is 27.1. The lowest BCUT2D eigenvalue weighted by atomic mass is 9.86. The Morgan fingerprint density at radius 1 is 0.846 bits per heavy atom. The molecule has 0 aliphatic carbocycles. The van der Waals surface area contributed by atoms with Crippen molar-refractivity contribution in [2.75, 3.05) is 14.1 Å². The van der Waals surface area contributed by atoms with Crippen molar-refractivity contribution >= 4 is 33.1 Å². The zero-order chi connectivity index (χ0) is 28.8. The Labute approximate surface area is 229 Å². The van der Waals surface area contributed by atoms with Gasteiger partial charge in [0.05, 0.1) is 10.6 Å². The molecule has 10 heteroatoms. The summed E-state index contributed by atoms with van der Waals surface area (Å²) in [6, 6.07) is 21.8. The molecule has 0 aliphatic rings. The van der Waals surface area contributed by atoms with Crippen molar-refractivity contribution in [1.29, 1.82) is 5.41 Å². The minimum atomic E-state index is -3.64. The van der Waals surface area contributed by atoms with Gasteiger partial charge >= 0.3 is 0 Å². The van der Waals surface area contributed by atoms with Gasteiger partial charge in [-0.05, 0) is 42.3 Å². The zero-order valence-electron chi connectivity index (χ0n) is 22.5. The van der Waals surface area contributed by atoms with Crippen molar-refractivity contribution in [3.63, 3.8) is 0 Å². The summed E-state index contributed by atoms with van der Waals surface area (Å²) in [6.07, 6.45) is 0. The lowest BCUT2D eigenvalue weighted by Crippen LogP contribution is -2.26. The number of benzene rings is 3. The summed E-state index contributed by atoms with van der Waals surface area (Å²) in [5.74, 6) is -0.959.